The summed E-state index contributed by atoms with van der Waals surface area (Å²) in [4.78, 5) is 2.41. The Morgan fingerprint density at radius 2 is 1.83 bits per heavy atom. The van der Waals surface area contributed by atoms with Gasteiger partial charge in [0, 0.05) is 41.4 Å². The monoisotopic (exact) mass is 493 g/mol. The van der Waals surface area contributed by atoms with Gasteiger partial charge in [-0.25, -0.2) is 4.39 Å². The molecule has 0 bridgehead atoms. The molecule has 1 atom stereocenters. The number of fused-ring (bicyclic) bond motifs is 1. The fourth-order valence-corrected chi connectivity index (χ4v) is 5.09. The molecule has 0 saturated carbocycles. The lowest BCUT2D eigenvalue weighted by Crippen LogP contribution is -2.47. The summed E-state index contributed by atoms with van der Waals surface area (Å²) in [5.41, 5.74) is 3.87. The maximum absolute atomic E-state index is 14.2. The predicted octanol–water partition coefficient (Wildman–Crippen LogP) is 6.97. The van der Waals surface area contributed by atoms with Crippen LogP contribution in [0.4, 0.5) is 4.39 Å². The lowest BCUT2D eigenvalue weighted by atomic mass is 9.86. The van der Waals surface area contributed by atoms with Gasteiger partial charge in [0.15, 0.2) is 0 Å². The molecule has 2 aliphatic heterocycles. The molecule has 3 aromatic carbocycles. The number of nitrogens with zero attached hydrogens (tertiary/aromatic N) is 1. The summed E-state index contributed by atoms with van der Waals surface area (Å²) in [6.45, 7) is 8.08. The Hall–Kier alpha value is -3.02. The number of benzene rings is 3. The molecule has 0 radical (unpaired) electrons. The van der Waals surface area contributed by atoms with Crippen LogP contribution >= 0.6 is 11.6 Å². The molecule has 0 aromatic heterocycles. The van der Waals surface area contributed by atoms with E-state index in [9.17, 15) is 9.50 Å². The molecule has 0 amide bonds. The van der Waals surface area contributed by atoms with Crippen LogP contribution in [0, 0.1) is 11.7 Å². The topological polar surface area (TPSA) is 41.9 Å². The van der Waals surface area contributed by atoms with Crippen LogP contribution in [0.1, 0.15) is 43.1 Å². The standard InChI is InChI=1S/C29H29ClFNO3/c1-3-19-16-32(17-19)12-13-34-23-8-4-20(5-9-23)29-28(25-14-21(31)6-10-26(25)30)18(2)24-15-22(33)7-11-27(24)35-29/h4-11,14-15,19,29,33H,3,12-13,16-17H2,1-2H3/t29-/m0/s1. The van der Waals surface area contributed by atoms with E-state index in [4.69, 9.17) is 21.1 Å². The number of allylic oxidation sites excluding steroid dienone is 1. The Kier molecular flexibility index (Phi) is 6.72. The smallest absolute Gasteiger partial charge is 0.150 e. The SMILES string of the molecule is CCC1CN(CCOc2ccc([C@@H]3Oc4ccc(O)cc4C(C)=C3c3cc(F)ccc3Cl)cc2)C1. The Morgan fingerprint density at radius 1 is 1.06 bits per heavy atom. The summed E-state index contributed by atoms with van der Waals surface area (Å²) < 4.78 is 26.6. The van der Waals surface area contributed by atoms with Gasteiger partial charge >= 0.3 is 0 Å². The Balaban J connectivity index is 1.41. The largest absolute Gasteiger partial charge is 0.508 e. The molecular weight excluding hydrogens is 465 g/mol. The average Bonchev–Trinajstić information content (AvgIpc) is 2.83. The van der Waals surface area contributed by atoms with Gasteiger partial charge in [-0.3, -0.25) is 4.90 Å². The summed E-state index contributed by atoms with van der Waals surface area (Å²) in [6, 6.07) is 17.2. The van der Waals surface area contributed by atoms with Gasteiger partial charge < -0.3 is 14.6 Å². The van der Waals surface area contributed by atoms with E-state index in [1.54, 1.807) is 24.3 Å². The highest BCUT2D eigenvalue weighted by molar-refractivity contribution is 6.32. The molecule has 2 aliphatic rings. The van der Waals surface area contributed by atoms with E-state index < -0.39 is 6.10 Å². The zero-order valence-electron chi connectivity index (χ0n) is 19.9. The first-order valence-corrected chi connectivity index (χ1v) is 12.4. The van der Waals surface area contributed by atoms with Crippen LogP contribution in [0.2, 0.25) is 5.02 Å². The van der Waals surface area contributed by atoms with Crippen LogP contribution in [-0.2, 0) is 0 Å². The van der Waals surface area contributed by atoms with Gasteiger partial charge in [-0.05, 0) is 72.5 Å². The van der Waals surface area contributed by atoms with Crippen LogP contribution in [0.25, 0.3) is 11.1 Å². The van der Waals surface area contributed by atoms with Crippen LogP contribution in [0.3, 0.4) is 0 Å². The van der Waals surface area contributed by atoms with Gasteiger partial charge in [0.2, 0.25) is 0 Å². The summed E-state index contributed by atoms with van der Waals surface area (Å²) in [5, 5.41) is 10.5. The van der Waals surface area contributed by atoms with Crippen LogP contribution in [-0.4, -0.2) is 36.2 Å². The van der Waals surface area contributed by atoms with Crippen LogP contribution < -0.4 is 9.47 Å². The normalized spacial score (nSPS) is 18.1. The predicted molar refractivity (Wildman–Crippen MR) is 138 cm³/mol. The molecule has 35 heavy (non-hydrogen) atoms. The van der Waals surface area contributed by atoms with E-state index in [0.717, 1.165) is 53.6 Å². The van der Waals surface area contributed by atoms with Gasteiger partial charge in [-0.2, -0.15) is 0 Å². The average molecular weight is 494 g/mol. The fourth-order valence-electron chi connectivity index (χ4n) is 4.87. The zero-order valence-corrected chi connectivity index (χ0v) is 20.7. The van der Waals surface area contributed by atoms with Crippen molar-refractivity contribution in [3.8, 4) is 17.2 Å². The molecule has 0 aliphatic carbocycles. The lowest BCUT2D eigenvalue weighted by Gasteiger charge is -2.38. The second-order valence-corrected chi connectivity index (χ2v) is 9.70. The molecular formula is C29H29ClFNO3. The molecule has 1 N–H and O–H groups in total. The van der Waals surface area contributed by atoms with Crippen molar-refractivity contribution in [1.29, 1.82) is 0 Å². The van der Waals surface area contributed by atoms with Gasteiger partial charge in [0.25, 0.3) is 0 Å². The number of hydrogen-bond donors (Lipinski definition) is 1. The fraction of sp³-hybridized carbons (Fsp3) is 0.310. The number of phenolic OH excluding ortho intramolecular Hbond substituents is 1. The quantitative estimate of drug-likeness (QED) is 0.386. The lowest BCUT2D eigenvalue weighted by molar-refractivity contribution is 0.0806. The minimum Gasteiger partial charge on any atom is -0.508 e. The molecule has 4 nitrogen and oxygen atoms in total. The van der Waals surface area contributed by atoms with Crippen LogP contribution in [0.5, 0.6) is 17.2 Å². The van der Waals surface area contributed by atoms with Crippen molar-refractivity contribution in [2.24, 2.45) is 5.92 Å². The first kappa shape index (κ1) is 23.7. The highest BCUT2D eigenvalue weighted by Crippen LogP contribution is 2.48. The van der Waals surface area contributed by atoms with E-state index in [1.165, 1.54) is 18.6 Å². The Morgan fingerprint density at radius 3 is 2.57 bits per heavy atom. The van der Waals surface area contributed by atoms with E-state index in [-0.39, 0.29) is 11.6 Å². The molecule has 5 rings (SSSR count). The number of rotatable bonds is 7. The maximum atomic E-state index is 14.2. The molecule has 0 unspecified atom stereocenters. The van der Waals surface area contributed by atoms with E-state index >= 15 is 0 Å². The van der Waals surface area contributed by atoms with Crippen molar-refractivity contribution in [1.82, 2.24) is 4.90 Å². The van der Waals surface area contributed by atoms with E-state index in [0.29, 0.717) is 22.9 Å². The van der Waals surface area contributed by atoms with Crippen molar-refractivity contribution in [3.63, 3.8) is 0 Å². The minimum atomic E-state index is -0.493. The molecule has 6 heteroatoms. The highest BCUT2D eigenvalue weighted by Gasteiger charge is 2.31. The summed E-state index contributed by atoms with van der Waals surface area (Å²) in [7, 11) is 0. The number of hydrogen-bond acceptors (Lipinski definition) is 4. The van der Waals surface area contributed by atoms with E-state index in [1.807, 2.05) is 31.2 Å². The number of likely N-dealkylation sites (tertiary alicyclic amines) is 1. The van der Waals surface area contributed by atoms with Crippen molar-refractivity contribution in [2.75, 3.05) is 26.2 Å². The third kappa shape index (κ3) is 4.89. The first-order chi connectivity index (χ1) is 16.9. The van der Waals surface area contributed by atoms with Crippen molar-refractivity contribution in [2.45, 2.75) is 26.4 Å². The third-order valence-corrected chi connectivity index (χ3v) is 7.30. The Labute approximate surface area is 210 Å². The first-order valence-electron chi connectivity index (χ1n) is 12.0. The maximum Gasteiger partial charge on any atom is 0.150 e. The van der Waals surface area contributed by atoms with Crippen molar-refractivity contribution < 1.29 is 19.0 Å². The van der Waals surface area contributed by atoms with Gasteiger partial charge in [0.05, 0.1) is 0 Å². The number of halogens is 2. The third-order valence-electron chi connectivity index (χ3n) is 6.97. The molecule has 1 fully saturated rings. The second kappa shape index (κ2) is 9.92. The number of ether oxygens (including phenoxy) is 2. The van der Waals surface area contributed by atoms with Crippen molar-refractivity contribution >= 4 is 22.7 Å². The van der Waals surface area contributed by atoms with Gasteiger partial charge in [-0.15, -0.1) is 0 Å². The minimum absolute atomic E-state index is 0.139. The summed E-state index contributed by atoms with van der Waals surface area (Å²) >= 11 is 6.52. The molecule has 182 valence electrons. The molecule has 0 spiro atoms. The summed E-state index contributed by atoms with van der Waals surface area (Å²) in [5.74, 6) is 2.05. The zero-order chi connectivity index (χ0) is 24.5. The highest BCUT2D eigenvalue weighted by atomic mass is 35.5. The molecule has 3 aromatic rings. The van der Waals surface area contributed by atoms with Gasteiger partial charge in [0.1, 0.15) is 35.8 Å². The van der Waals surface area contributed by atoms with Crippen molar-refractivity contribution in [3.05, 3.63) is 88.2 Å². The number of phenols is 1. The van der Waals surface area contributed by atoms with Gasteiger partial charge in [-0.1, -0.05) is 37.1 Å². The van der Waals surface area contributed by atoms with Crippen LogP contribution in [0.15, 0.2) is 60.7 Å². The Bertz CT molecular complexity index is 1250. The summed E-state index contributed by atoms with van der Waals surface area (Å²) in [6.07, 6.45) is 0.747. The molecule has 2 heterocycles. The number of aromatic hydroxyl groups is 1. The van der Waals surface area contributed by atoms with E-state index in [2.05, 4.69) is 11.8 Å². The molecule has 1 saturated heterocycles. The second-order valence-electron chi connectivity index (χ2n) is 9.29.